The molecule has 1 heterocycles. The first-order chi connectivity index (χ1) is 11.4. The molecule has 128 valence electrons. The van der Waals surface area contributed by atoms with Crippen LogP contribution < -0.4 is 19.1 Å². The zero-order valence-electron chi connectivity index (χ0n) is 14.7. The number of hydrogen-bond acceptors (Lipinski definition) is 7. The van der Waals surface area contributed by atoms with Gasteiger partial charge in [0.05, 0.1) is 21.3 Å². The van der Waals surface area contributed by atoms with Crippen molar-refractivity contribution in [2.24, 2.45) is 0 Å². The van der Waals surface area contributed by atoms with Crippen LogP contribution in [0.1, 0.15) is 21.6 Å². The number of nitrogens with zero attached hydrogens (tertiary/aromatic N) is 3. The molecule has 0 aliphatic carbocycles. The number of anilines is 1. The quantitative estimate of drug-likeness (QED) is 0.751. The van der Waals surface area contributed by atoms with Gasteiger partial charge in [0, 0.05) is 19.7 Å². The lowest BCUT2D eigenvalue weighted by Gasteiger charge is -2.17. The number of carbonyl (C=O) groups excluding carboxylic acids is 1. The molecule has 0 radical (unpaired) electrons. The van der Waals surface area contributed by atoms with Gasteiger partial charge >= 0.3 is 0 Å². The monoisotopic (exact) mass is 331 g/mol. The zero-order valence-corrected chi connectivity index (χ0v) is 14.7. The molecule has 0 amide bonds. The van der Waals surface area contributed by atoms with E-state index >= 15 is 0 Å². The first kappa shape index (κ1) is 17.5. The number of ketones is 1. The molecule has 24 heavy (non-hydrogen) atoms. The van der Waals surface area contributed by atoms with Gasteiger partial charge in [0.2, 0.25) is 17.6 Å². The number of methoxy groups -OCH3 is 3. The van der Waals surface area contributed by atoms with Crippen molar-refractivity contribution < 1.29 is 19.0 Å². The summed E-state index contributed by atoms with van der Waals surface area (Å²) in [6.07, 6.45) is 0. The maximum absolute atomic E-state index is 13.1. The number of rotatable bonds is 6. The lowest BCUT2D eigenvalue weighted by Crippen LogP contribution is -2.18. The van der Waals surface area contributed by atoms with Crippen LogP contribution in [0.2, 0.25) is 0 Å². The van der Waals surface area contributed by atoms with Crippen LogP contribution in [0.25, 0.3) is 0 Å². The molecule has 1 aromatic heterocycles. The Balaban J connectivity index is 2.69. The standard InChI is InChI=1S/C17H21N3O4/c1-10-14(18-17(20(2)3)19-16(10)24-6)15(21)13-11(22-4)8-7-9-12(13)23-5/h7-9H,1-6H3. The summed E-state index contributed by atoms with van der Waals surface area (Å²) in [5.74, 6) is 1.26. The van der Waals surface area contributed by atoms with Crippen molar-refractivity contribution in [3.05, 3.63) is 35.0 Å². The molecule has 7 heteroatoms. The summed E-state index contributed by atoms with van der Waals surface area (Å²) in [5, 5.41) is 0. The maximum Gasteiger partial charge on any atom is 0.228 e. The lowest BCUT2D eigenvalue weighted by atomic mass is 10.0. The van der Waals surface area contributed by atoms with E-state index in [1.807, 2.05) is 0 Å². The molecule has 7 nitrogen and oxygen atoms in total. The normalized spacial score (nSPS) is 10.2. The molecule has 0 atom stereocenters. The van der Waals surface area contributed by atoms with Crippen molar-refractivity contribution in [1.82, 2.24) is 9.97 Å². The van der Waals surface area contributed by atoms with Crippen LogP contribution in [-0.4, -0.2) is 51.2 Å². The average Bonchev–Trinajstić information content (AvgIpc) is 2.60. The fourth-order valence-corrected chi connectivity index (χ4v) is 2.30. The second-order valence-corrected chi connectivity index (χ2v) is 5.27. The van der Waals surface area contributed by atoms with Crippen molar-refractivity contribution in [3.8, 4) is 17.4 Å². The van der Waals surface area contributed by atoms with Gasteiger partial charge in [-0.05, 0) is 19.1 Å². The summed E-state index contributed by atoms with van der Waals surface area (Å²) >= 11 is 0. The topological polar surface area (TPSA) is 73.8 Å². The van der Waals surface area contributed by atoms with E-state index in [1.165, 1.54) is 21.3 Å². The second-order valence-electron chi connectivity index (χ2n) is 5.27. The third-order valence-corrected chi connectivity index (χ3v) is 3.55. The minimum Gasteiger partial charge on any atom is -0.496 e. The van der Waals surface area contributed by atoms with Crippen LogP contribution in [0, 0.1) is 6.92 Å². The summed E-state index contributed by atoms with van der Waals surface area (Å²) in [5.41, 5.74) is 1.12. The molecule has 0 bridgehead atoms. The molecular weight excluding hydrogens is 310 g/mol. The fraction of sp³-hybridized carbons (Fsp3) is 0.353. The van der Waals surface area contributed by atoms with Crippen LogP contribution in [0.5, 0.6) is 17.4 Å². The Kier molecular flexibility index (Phi) is 5.23. The summed E-state index contributed by atoms with van der Waals surface area (Å²) in [6, 6.07) is 5.17. The molecule has 0 aliphatic heterocycles. The van der Waals surface area contributed by atoms with E-state index in [2.05, 4.69) is 9.97 Å². The predicted octanol–water partition coefficient (Wildman–Crippen LogP) is 2.11. The van der Waals surface area contributed by atoms with Gasteiger partial charge < -0.3 is 19.1 Å². The van der Waals surface area contributed by atoms with E-state index in [9.17, 15) is 4.79 Å². The molecule has 2 aromatic rings. The molecule has 2 rings (SSSR count). The zero-order chi connectivity index (χ0) is 17.9. The Morgan fingerprint density at radius 1 is 1.00 bits per heavy atom. The lowest BCUT2D eigenvalue weighted by molar-refractivity contribution is 0.102. The SMILES string of the molecule is COc1cccc(OC)c1C(=O)c1nc(N(C)C)nc(OC)c1C. The summed E-state index contributed by atoms with van der Waals surface area (Å²) in [7, 11) is 8.10. The maximum atomic E-state index is 13.1. The van der Waals surface area contributed by atoms with E-state index in [1.54, 1.807) is 44.1 Å². The van der Waals surface area contributed by atoms with Gasteiger partial charge in [-0.25, -0.2) is 4.98 Å². The molecule has 0 spiro atoms. The van der Waals surface area contributed by atoms with Gasteiger partial charge in [-0.1, -0.05) is 6.07 Å². The Bertz CT molecular complexity index is 737. The number of ether oxygens (including phenoxy) is 3. The molecular formula is C17H21N3O4. The summed E-state index contributed by atoms with van der Waals surface area (Å²) < 4.78 is 15.9. The number of carbonyl (C=O) groups is 1. The summed E-state index contributed by atoms with van der Waals surface area (Å²) in [4.78, 5) is 23.5. The fourth-order valence-electron chi connectivity index (χ4n) is 2.30. The highest BCUT2D eigenvalue weighted by Gasteiger charge is 2.25. The van der Waals surface area contributed by atoms with Crippen molar-refractivity contribution in [3.63, 3.8) is 0 Å². The first-order valence-electron chi connectivity index (χ1n) is 7.30. The van der Waals surface area contributed by atoms with E-state index in [0.717, 1.165) is 0 Å². The summed E-state index contributed by atoms with van der Waals surface area (Å²) in [6.45, 7) is 1.74. The van der Waals surface area contributed by atoms with Crippen molar-refractivity contribution in [2.45, 2.75) is 6.92 Å². The van der Waals surface area contributed by atoms with Crippen LogP contribution in [0.15, 0.2) is 18.2 Å². The average molecular weight is 331 g/mol. The molecule has 0 saturated heterocycles. The van der Waals surface area contributed by atoms with Gasteiger partial charge in [0.25, 0.3) is 0 Å². The molecule has 0 unspecified atom stereocenters. The molecule has 1 aromatic carbocycles. The highest BCUT2D eigenvalue weighted by Crippen LogP contribution is 2.32. The second kappa shape index (κ2) is 7.16. The van der Waals surface area contributed by atoms with Gasteiger partial charge in [0.1, 0.15) is 22.8 Å². The third-order valence-electron chi connectivity index (χ3n) is 3.55. The number of benzene rings is 1. The van der Waals surface area contributed by atoms with Crippen LogP contribution in [0.3, 0.4) is 0 Å². The Morgan fingerprint density at radius 2 is 1.58 bits per heavy atom. The van der Waals surface area contributed by atoms with Gasteiger partial charge in [-0.15, -0.1) is 0 Å². The van der Waals surface area contributed by atoms with Crippen LogP contribution in [0.4, 0.5) is 5.95 Å². The highest BCUT2D eigenvalue weighted by atomic mass is 16.5. The predicted molar refractivity (Wildman–Crippen MR) is 90.6 cm³/mol. The van der Waals surface area contributed by atoms with Gasteiger partial charge in [0.15, 0.2) is 0 Å². The molecule has 0 fully saturated rings. The highest BCUT2D eigenvalue weighted by molar-refractivity contribution is 6.12. The number of hydrogen-bond donors (Lipinski definition) is 0. The van der Waals surface area contributed by atoms with Crippen molar-refractivity contribution >= 4 is 11.7 Å². The van der Waals surface area contributed by atoms with Crippen molar-refractivity contribution in [1.29, 1.82) is 0 Å². The Morgan fingerprint density at radius 3 is 2.04 bits per heavy atom. The van der Waals surface area contributed by atoms with Gasteiger partial charge in [-0.2, -0.15) is 4.98 Å². The van der Waals surface area contributed by atoms with E-state index < -0.39 is 0 Å². The Labute approximate surface area is 141 Å². The van der Waals surface area contributed by atoms with E-state index in [0.29, 0.717) is 34.5 Å². The van der Waals surface area contributed by atoms with Gasteiger partial charge in [-0.3, -0.25) is 4.79 Å². The first-order valence-corrected chi connectivity index (χ1v) is 7.30. The minimum atomic E-state index is -0.314. The number of aromatic nitrogens is 2. The third kappa shape index (κ3) is 3.10. The Hall–Kier alpha value is -2.83. The largest absolute Gasteiger partial charge is 0.496 e. The van der Waals surface area contributed by atoms with E-state index in [4.69, 9.17) is 14.2 Å². The molecule has 0 aliphatic rings. The van der Waals surface area contributed by atoms with Crippen LogP contribution >= 0.6 is 0 Å². The smallest absolute Gasteiger partial charge is 0.228 e. The minimum absolute atomic E-state index is 0.244. The molecule has 0 N–H and O–H groups in total. The van der Waals surface area contributed by atoms with Crippen molar-refractivity contribution in [2.75, 3.05) is 40.3 Å². The molecule has 0 saturated carbocycles. The van der Waals surface area contributed by atoms with Crippen LogP contribution in [-0.2, 0) is 0 Å². The van der Waals surface area contributed by atoms with E-state index in [-0.39, 0.29) is 11.5 Å².